The van der Waals surface area contributed by atoms with E-state index in [1.807, 2.05) is 61.5 Å². The van der Waals surface area contributed by atoms with E-state index < -0.39 is 10.1 Å². The Hall–Kier alpha value is -3.85. The molecule has 0 saturated carbocycles. The fourth-order valence-electron chi connectivity index (χ4n) is 4.34. The summed E-state index contributed by atoms with van der Waals surface area (Å²) in [5.74, 6) is 0.720. The molecule has 1 unspecified atom stereocenters. The standard InChI is InChI=1S/C30H27N3O3S2/c1-19-8-7-11-23(16-19)28-29(37-30(33-28)25-13-12-20(2)17-26(25)38(34,35)36)24-14-15-31-27(18-24)32-21(3)22-9-5-4-6-10-22/h4-18,21H,1-3H3,(H,31,32)(H,34,35,36). The van der Waals surface area contributed by atoms with Crippen molar-refractivity contribution in [2.75, 3.05) is 5.32 Å². The smallest absolute Gasteiger partial charge is 0.295 e. The number of aromatic nitrogens is 2. The van der Waals surface area contributed by atoms with E-state index in [0.717, 1.165) is 44.2 Å². The highest BCUT2D eigenvalue weighted by molar-refractivity contribution is 7.86. The molecule has 3 aromatic carbocycles. The maximum atomic E-state index is 12.2. The van der Waals surface area contributed by atoms with Crippen LogP contribution in [0.3, 0.4) is 0 Å². The van der Waals surface area contributed by atoms with Gasteiger partial charge in [-0.3, -0.25) is 4.55 Å². The molecule has 0 radical (unpaired) electrons. The van der Waals surface area contributed by atoms with Crippen molar-refractivity contribution >= 4 is 27.3 Å². The second-order valence-corrected chi connectivity index (χ2v) is 11.6. The van der Waals surface area contributed by atoms with E-state index in [4.69, 9.17) is 4.98 Å². The molecule has 0 spiro atoms. The molecule has 1 atom stereocenters. The molecule has 0 amide bonds. The minimum Gasteiger partial charge on any atom is -0.364 e. The average Bonchev–Trinajstić information content (AvgIpc) is 3.34. The highest BCUT2D eigenvalue weighted by Crippen LogP contribution is 2.42. The molecule has 6 nitrogen and oxygen atoms in total. The van der Waals surface area contributed by atoms with Crippen LogP contribution >= 0.6 is 11.3 Å². The molecule has 0 fully saturated rings. The SMILES string of the molecule is Cc1cccc(-c2nc(-c3ccc(C)cc3S(=O)(=O)O)sc2-c2ccnc(NC(C)c3ccccc3)c2)c1. The first-order valence-electron chi connectivity index (χ1n) is 12.1. The Kier molecular flexibility index (Phi) is 7.12. The normalized spacial score (nSPS) is 12.3. The molecular formula is C30H27N3O3S2. The summed E-state index contributed by atoms with van der Waals surface area (Å²) >= 11 is 1.38. The number of pyridine rings is 1. The molecule has 5 rings (SSSR count). The molecule has 0 aliphatic heterocycles. The third kappa shape index (κ3) is 5.52. The zero-order valence-corrected chi connectivity index (χ0v) is 22.8. The number of aryl methyl sites for hydroxylation is 2. The zero-order valence-electron chi connectivity index (χ0n) is 21.2. The van der Waals surface area contributed by atoms with E-state index in [0.29, 0.717) is 10.6 Å². The molecule has 0 bridgehead atoms. The van der Waals surface area contributed by atoms with Gasteiger partial charge in [-0.15, -0.1) is 11.3 Å². The van der Waals surface area contributed by atoms with Crippen LogP contribution < -0.4 is 5.32 Å². The van der Waals surface area contributed by atoms with Crippen molar-refractivity contribution in [2.24, 2.45) is 0 Å². The number of rotatable bonds is 7. The van der Waals surface area contributed by atoms with Crippen molar-refractivity contribution in [1.29, 1.82) is 0 Å². The van der Waals surface area contributed by atoms with Crippen molar-refractivity contribution in [3.63, 3.8) is 0 Å². The van der Waals surface area contributed by atoms with Gasteiger partial charge in [-0.1, -0.05) is 66.2 Å². The van der Waals surface area contributed by atoms with Gasteiger partial charge in [0, 0.05) is 23.4 Å². The monoisotopic (exact) mass is 541 g/mol. The van der Waals surface area contributed by atoms with Gasteiger partial charge in [0.05, 0.1) is 10.6 Å². The maximum absolute atomic E-state index is 12.2. The fourth-order valence-corrected chi connectivity index (χ4v) is 6.30. The molecule has 8 heteroatoms. The second-order valence-electron chi connectivity index (χ2n) is 9.25. The first-order valence-corrected chi connectivity index (χ1v) is 14.4. The summed E-state index contributed by atoms with van der Waals surface area (Å²) in [5, 5.41) is 3.98. The summed E-state index contributed by atoms with van der Waals surface area (Å²) in [7, 11) is -4.44. The van der Waals surface area contributed by atoms with Crippen LogP contribution in [0.2, 0.25) is 0 Å². The van der Waals surface area contributed by atoms with Gasteiger partial charge in [-0.05, 0) is 61.7 Å². The molecule has 2 aromatic heterocycles. The van der Waals surface area contributed by atoms with Crippen molar-refractivity contribution in [3.05, 3.63) is 108 Å². The number of hydrogen-bond acceptors (Lipinski definition) is 6. The van der Waals surface area contributed by atoms with E-state index in [1.165, 1.54) is 17.4 Å². The lowest BCUT2D eigenvalue weighted by molar-refractivity contribution is 0.483. The average molecular weight is 542 g/mol. The van der Waals surface area contributed by atoms with E-state index in [2.05, 4.69) is 35.4 Å². The number of hydrogen-bond donors (Lipinski definition) is 2. The Morgan fingerprint density at radius 1 is 0.868 bits per heavy atom. The molecule has 0 saturated heterocycles. The summed E-state index contributed by atoms with van der Waals surface area (Å²) in [6, 6.07) is 27.1. The lowest BCUT2D eigenvalue weighted by Crippen LogP contribution is -2.07. The molecule has 0 aliphatic rings. The number of nitrogens with one attached hydrogen (secondary N) is 1. The molecule has 2 N–H and O–H groups in total. The van der Waals surface area contributed by atoms with Crippen LogP contribution in [0, 0.1) is 13.8 Å². The summed E-state index contributed by atoms with van der Waals surface area (Å²) in [6.07, 6.45) is 1.75. The van der Waals surface area contributed by atoms with Gasteiger partial charge in [0.15, 0.2) is 0 Å². The van der Waals surface area contributed by atoms with E-state index in [1.54, 1.807) is 19.2 Å². The molecular weight excluding hydrogens is 514 g/mol. The van der Waals surface area contributed by atoms with Crippen LogP contribution in [0.15, 0.2) is 96.0 Å². The van der Waals surface area contributed by atoms with E-state index in [9.17, 15) is 13.0 Å². The summed E-state index contributed by atoms with van der Waals surface area (Å²) in [6.45, 7) is 5.89. The zero-order chi connectivity index (χ0) is 26.9. The van der Waals surface area contributed by atoms with Gasteiger partial charge in [-0.2, -0.15) is 8.42 Å². The molecule has 38 heavy (non-hydrogen) atoms. The number of anilines is 1. The van der Waals surface area contributed by atoms with Gasteiger partial charge < -0.3 is 5.32 Å². The summed E-state index contributed by atoms with van der Waals surface area (Å²) < 4.78 is 34.4. The van der Waals surface area contributed by atoms with Crippen LogP contribution in [-0.2, 0) is 10.1 Å². The highest BCUT2D eigenvalue weighted by Gasteiger charge is 2.23. The number of benzene rings is 3. The number of nitrogens with zero attached hydrogens (tertiary/aromatic N) is 2. The van der Waals surface area contributed by atoms with Crippen LogP contribution in [0.1, 0.15) is 29.7 Å². The highest BCUT2D eigenvalue weighted by atomic mass is 32.2. The van der Waals surface area contributed by atoms with Gasteiger partial charge in [0.1, 0.15) is 15.7 Å². The Morgan fingerprint density at radius 2 is 1.63 bits per heavy atom. The predicted molar refractivity (Wildman–Crippen MR) is 154 cm³/mol. The van der Waals surface area contributed by atoms with Crippen LogP contribution in [-0.4, -0.2) is 22.9 Å². The lowest BCUT2D eigenvalue weighted by atomic mass is 10.0. The fraction of sp³-hybridized carbons (Fsp3) is 0.133. The van der Waals surface area contributed by atoms with Crippen molar-refractivity contribution in [3.8, 4) is 32.3 Å². The van der Waals surface area contributed by atoms with Crippen molar-refractivity contribution < 1.29 is 13.0 Å². The topological polar surface area (TPSA) is 92.2 Å². The predicted octanol–water partition coefficient (Wildman–Crippen LogP) is 7.58. The second kappa shape index (κ2) is 10.5. The Morgan fingerprint density at radius 3 is 2.37 bits per heavy atom. The van der Waals surface area contributed by atoms with Gasteiger partial charge in [0.2, 0.25) is 0 Å². The van der Waals surface area contributed by atoms with Crippen LogP contribution in [0.25, 0.3) is 32.3 Å². The first kappa shape index (κ1) is 25.8. The summed E-state index contributed by atoms with van der Waals surface area (Å²) in [5.41, 5.74) is 5.91. The van der Waals surface area contributed by atoms with Gasteiger partial charge in [-0.25, -0.2) is 9.97 Å². The largest absolute Gasteiger partial charge is 0.364 e. The minimum absolute atomic E-state index is 0.0529. The maximum Gasteiger partial charge on any atom is 0.295 e. The minimum atomic E-state index is -4.44. The Balaban J connectivity index is 1.63. The molecule has 2 heterocycles. The Labute approximate surface area is 226 Å². The lowest BCUT2D eigenvalue weighted by Gasteiger charge is -2.15. The van der Waals surface area contributed by atoms with Crippen molar-refractivity contribution in [2.45, 2.75) is 31.7 Å². The van der Waals surface area contributed by atoms with E-state index >= 15 is 0 Å². The van der Waals surface area contributed by atoms with Gasteiger partial charge in [0.25, 0.3) is 10.1 Å². The first-order chi connectivity index (χ1) is 18.2. The third-order valence-electron chi connectivity index (χ3n) is 6.25. The molecule has 0 aliphatic carbocycles. The van der Waals surface area contributed by atoms with Crippen LogP contribution in [0.5, 0.6) is 0 Å². The quantitative estimate of drug-likeness (QED) is 0.206. The van der Waals surface area contributed by atoms with Crippen molar-refractivity contribution in [1.82, 2.24) is 9.97 Å². The van der Waals surface area contributed by atoms with Crippen LogP contribution in [0.4, 0.5) is 5.82 Å². The Bertz CT molecular complexity index is 1710. The number of thiazole rings is 1. The molecule has 192 valence electrons. The third-order valence-corrected chi connectivity index (χ3v) is 8.28. The summed E-state index contributed by atoms with van der Waals surface area (Å²) in [4.78, 5) is 10.2. The van der Waals surface area contributed by atoms with Gasteiger partial charge >= 0.3 is 0 Å². The molecule has 5 aromatic rings. The van der Waals surface area contributed by atoms with E-state index in [-0.39, 0.29) is 10.9 Å².